The van der Waals surface area contributed by atoms with E-state index >= 15 is 0 Å². The number of hydrogen-bond acceptors (Lipinski definition) is 5. The maximum atomic E-state index is 13.1. The Kier molecular flexibility index (Phi) is 5.55. The molecule has 8 nitrogen and oxygen atoms in total. The van der Waals surface area contributed by atoms with Crippen LogP contribution in [0, 0.1) is 0 Å². The van der Waals surface area contributed by atoms with Gasteiger partial charge in [-0.1, -0.05) is 23.7 Å². The van der Waals surface area contributed by atoms with E-state index in [1.54, 1.807) is 15.5 Å². The van der Waals surface area contributed by atoms with Gasteiger partial charge in [0.15, 0.2) is 5.65 Å². The maximum Gasteiger partial charge on any atom is 0.411 e. The van der Waals surface area contributed by atoms with E-state index in [0.717, 1.165) is 11.3 Å². The molecule has 1 atom stereocenters. The molecule has 0 saturated carbocycles. The molecule has 1 unspecified atom stereocenters. The van der Waals surface area contributed by atoms with Gasteiger partial charge in [0, 0.05) is 5.69 Å². The lowest BCUT2D eigenvalue weighted by Crippen LogP contribution is -2.57. The van der Waals surface area contributed by atoms with Gasteiger partial charge >= 0.3 is 6.09 Å². The molecule has 0 spiro atoms. The summed E-state index contributed by atoms with van der Waals surface area (Å²) in [5.74, 6) is 0. The van der Waals surface area contributed by atoms with E-state index in [1.165, 1.54) is 6.33 Å². The third-order valence-electron chi connectivity index (χ3n) is 5.38. The number of nitrogens with one attached hydrogen (secondary N) is 1. The molecule has 32 heavy (non-hydrogen) atoms. The fourth-order valence-corrected chi connectivity index (χ4v) is 4.29. The zero-order chi connectivity index (χ0) is 23.3. The highest BCUT2D eigenvalue weighted by Gasteiger charge is 2.43. The number of carbonyl (C=O) groups excluding carboxylic acids is 1. The van der Waals surface area contributed by atoms with Gasteiger partial charge in [-0.05, 0) is 58.4 Å². The summed E-state index contributed by atoms with van der Waals surface area (Å²) in [6.07, 6.45) is 0.981. The van der Waals surface area contributed by atoms with E-state index in [2.05, 4.69) is 9.97 Å². The van der Waals surface area contributed by atoms with Crippen molar-refractivity contribution < 1.29 is 14.3 Å². The molecule has 3 heterocycles. The Morgan fingerprint density at radius 2 is 1.97 bits per heavy atom. The summed E-state index contributed by atoms with van der Waals surface area (Å²) in [7, 11) is 0. The van der Waals surface area contributed by atoms with Crippen LogP contribution in [0.1, 0.15) is 46.2 Å². The van der Waals surface area contributed by atoms with E-state index in [0.29, 0.717) is 29.4 Å². The lowest BCUT2D eigenvalue weighted by Gasteiger charge is -2.47. The second-order valence-electron chi connectivity index (χ2n) is 9.56. The van der Waals surface area contributed by atoms with Crippen LogP contribution < -0.4 is 5.56 Å². The van der Waals surface area contributed by atoms with E-state index < -0.39 is 11.1 Å². The Hall–Kier alpha value is -2.84. The van der Waals surface area contributed by atoms with Crippen molar-refractivity contribution >= 4 is 28.7 Å². The zero-order valence-electron chi connectivity index (χ0n) is 18.8. The van der Waals surface area contributed by atoms with Crippen molar-refractivity contribution in [1.82, 2.24) is 19.4 Å². The molecule has 1 fully saturated rings. The molecule has 0 radical (unpaired) electrons. The maximum absolute atomic E-state index is 13.1. The Bertz CT molecular complexity index is 1210. The zero-order valence-corrected chi connectivity index (χ0v) is 19.6. The van der Waals surface area contributed by atoms with Crippen LogP contribution in [0.15, 0.2) is 41.5 Å². The van der Waals surface area contributed by atoms with Gasteiger partial charge in [-0.25, -0.2) is 9.78 Å². The van der Waals surface area contributed by atoms with Crippen molar-refractivity contribution in [2.75, 3.05) is 13.2 Å². The van der Waals surface area contributed by atoms with Crippen molar-refractivity contribution in [2.45, 2.75) is 51.8 Å². The average Bonchev–Trinajstić information content (AvgIpc) is 3.03. The van der Waals surface area contributed by atoms with Crippen molar-refractivity contribution in [1.29, 1.82) is 0 Å². The average molecular weight is 459 g/mol. The topological polar surface area (TPSA) is 89.5 Å². The van der Waals surface area contributed by atoms with Gasteiger partial charge in [-0.2, -0.15) is 0 Å². The third kappa shape index (κ3) is 4.12. The third-order valence-corrected chi connectivity index (χ3v) is 5.66. The smallest absolute Gasteiger partial charge is 0.411 e. The number of hydrogen-bond donors (Lipinski definition) is 1. The first-order chi connectivity index (χ1) is 15.0. The highest BCUT2D eigenvalue weighted by Crippen LogP contribution is 2.35. The van der Waals surface area contributed by atoms with Gasteiger partial charge in [0.05, 0.1) is 36.5 Å². The number of aromatic nitrogens is 3. The van der Waals surface area contributed by atoms with Crippen LogP contribution in [0.2, 0.25) is 5.15 Å². The predicted molar refractivity (Wildman–Crippen MR) is 122 cm³/mol. The fraction of sp³-hybridized carbons (Fsp3) is 0.435. The summed E-state index contributed by atoms with van der Waals surface area (Å²) in [5, 5.41) is 0.801. The summed E-state index contributed by atoms with van der Waals surface area (Å²) < 4.78 is 13.2. The summed E-state index contributed by atoms with van der Waals surface area (Å²) in [5.41, 5.74) is 0.759. The van der Waals surface area contributed by atoms with Crippen molar-refractivity contribution in [3.8, 4) is 5.69 Å². The predicted octanol–water partition coefficient (Wildman–Crippen LogP) is 4.45. The molecule has 2 aromatic heterocycles. The molecular formula is C23H27ClN4O4. The Balaban J connectivity index is 1.70. The normalized spacial score (nSPS) is 18.7. The van der Waals surface area contributed by atoms with Gasteiger partial charge in [0.2, 0.25) is 0 Å². The molecule has 0 bridgehead atoms. The van der Waals surface area contributed by atoms with Crippen LogP contribution >= 0.6 is 11.6 Å². The Morgan fingerprint density at radius 1 is 1.28 bits per heavy atom. The van der Waals surface area contributed by atoms with E-state index in [9.17, 15) is 9.59 Å². The Labute approximate surface area is 191 Å². The minimum Gasteiger partial charge on any atom is -0.444 e. The van der Waals surface area contributed by atoms with Gasteiger partial charge in [0.1, 0.15) is 10.8 Å². The number of ether oxygens (including phenoxy) is 2. The Morgan fingerprint density at radius 3 is 2.62 bits per heavy atom. The summed E-state index contributed by atoms with van der Waals surface area (Å²) in [6, 6.07) is 8.92. The number of halogens is 1. The molecule has 1 N–H and O–H groups in total. The lowest BCUT2D eigenvalue weighted by atomic mass is 9.95. The van der Waals surface area contributed by atoms with Crippen molar-refractivity contribution in [3.63, 3.8) is 0 Å². The van der Waals surface area contributed by atoms with Gasteiger partial charge in [0.25, 0.3) is 5.56 Å². The van der Waals surface area contributed by atoms with Crippen LogP contribution in [0.5, 0.6) is 0 Å². The lowest BCUT2D eigenvalue weighted by molar-refractivity contribution is -0.0928. The van der Waals surface area contributed by atoms with Gasteiger partial charge in [-0.3, -0.25) is 14.3 Å². The van der Waals surface area contributed by atoms with Crippen LogP contribution in [-0.2, 0) is 9.47 Å². The van der Waals surface area contributed by atoms with E-state index in [-0.39, 0.29) is 17.7 Å². The highest BCUT2D eigenvalue weighted by molar-refractivity contribution is 6.31. The number of aromatic amines is 1. The minimum atomic E-state index is -0.600. The molecule has 1 amide bonds. The number of nitrogens with zero attached hydrogens (tertiary/aromatic N) is 3. The standard InChI is InChI=1S/C23H27ClN4O4/c1-22(2,3)32-21(30)28-17(11-31-12-23(28,4)5)14-6-8-15(9-7-14)27-18(24)10-16-19(27)25-13-26-20(16)29/h6-10,13,17H,11-12H2,1-5H3,(H,25,26,29). The van der Waals surface area contributed by atoms with Gasteiger partial charge < -0.3 is 14.5 Å². The molecule has 4 rings (SSSR count). The molecule has 3 aromatic rings. The van der Waals surface area contributed by atoms with Crippen LogP contribution in [-0.4, -0.2) is 49.9 Å². The second-order valence-corrected chi connectivity index (χ2v) is 9.94. The molecule has 1 saturated heterocycles. The second kappa shape index (κ2) is 7.94. The van der Waals surface area contributed by atoms with E-state index in [1.807, 2.05) is 58.9 Å². The van der Waals surface area contributed by atoms with Crippen LogP contribution in [0.25, 0.3) is 16.7 Å². The number of benzene rings is 1. The number of amides is 1. The highest BCUT2D eigenvalue weighted by atomic mass is 35.5. The molecular weight excluding hydrogens is 432 g/mol. The quantitative estimate of drug-likeness (QED) is 0.612. The van der Waals surface area contributed by atoms with Crippen LogP contribution in [0.3, 0.4) is 0 Å². The first-order valence-corrected chi connectivity index (χ1v) is 10.8. The largest absolute Gasteiger partial charge is 0.444 e. The number of rotatable bonds is 2. The summed E-state index contributed by atoms with van der Waals surface area (Å²) in [6.45, 7) is 10.3. The van der Waals surface area contributed by atoms with Crippen molar-refractivity contribution in [2.24, 2.45) is 0 Å². The molecule has 1 aliphatic heterocycles. The molecule has 170 valence electrons. The summed E-state index contributed by atoms with van der Waals surface area (Å²) in [4.78, 5) is 33.7. The number of carbonyl (C=O) groups is 1. The van der Waals surface area contributed by atoms with Gasteiger partial charge in [-0.15, -0.1) is 0 Å². The first-order valence-electron chi connectivity index (χ1n) is 10.4. The number of H-pyrrole nitrogens is 1. The number of morpholine rings is 1. The first kappa shape index (κ1) is 22.4. The summed E-state index contributed by atoms with van der Waals surface area (Å²) >= 11 is 6.41. The molecule has 0 aliphatic carbocycles. The molecule has 1 aromatic carbocycles. The fourth-order valence-electron chi connectivity index (χ4n) is 4.00. The van der Waals surface area contributed by atoms with Crippen LogP contribution in [0.4, 0.5) is 4.79 Å². The monoisotopic (exact) mass is 458 g/mol. The molecule has 9 heteroatoms. The van der Waals surface area contributed by atoms with E-state index in [4.69, 9.17) is 21.1 Å². The molecule has 1 aliphatic rings. The SMILES string of the molecule is CC(C)(C)OC(=O)N1C(c2ccc(-n3c(Cl)cc4c(=O)[nH]cnc43)cc2)COCC1(C)C. The number of fused-ring (bicyclic) bond motifs is 1. The minimum absolute atomic E-state index is 0.248. The van der Waals surface area contributed by atoms with Crippen molar-refractivity contribution in [3.05, 3.63) is 57.7 Å².